The molecule has 1 N–H and O–H groups in total. The Bertz CT molecular complexity index is 5310. The summed E-state index contributed by atoms with van der Waals surface area (Å²) in [7, 11) is 2.62. The lowest BCUT2D eigenvalue weighted by molar-refractivity contribution is 0.332. The van der Waals surface area contributed by atoms with Crippen LogP contribution in [0, 0.1) is 0 Å². The summed E-state index contributed by atoms with van der Waals surface area (Å²) in [5, 5.41) is 9.58. The van der Waals surface area contributed by atoms with Crippen molar-refractivity contribution < 1.29 is 0 Å². The normalized spacial score (nSPS) is 19.2. The van der Waals surface area contributed by atoms with Crippen LogP contribution in [0.4, 0.5) is 45.5 Å². The van der Waals surface area contributed by atoms with Crippen molar-refractivity contribution in [3.63, 3.8) is 0 Å². The highest BCUT2D eigenvalue weighted by atomic mass is 32.1. The number of thiophene rings is 2. The summed E-state index contributed by atoms with van der Waals surface area (Å²) in [4.78, 5) is 5.32. The Hall–Kier alpha value is -7.90. The lowest BCUT2D eigenvalue weighted by Gasteiger charge is -2.45. The summed E-state index contributed by atoms with van der Waals surface area (Å²) in [5.74, 6) is 0. The Morgan fingerprint density at radius 3 is 1.56 bits per heavy atom. The van der Waals surface area contributed by atoms with Gasteiger partial charge in [0.25, 0.3) is 0 Å². The number of hydrogen-bond donors (Lipinski definition) is 1. The molecular formula is C92H95BN3S2. The van der Waals surface area contributed by atoms with Gasteiger partial charge in [-0.05, 0) is 252 Å². The van der Waals surface area contributed by atoms with E-state index in [1.54, 1.807) is 0 Å². The molecule has 3 nitrogen and oxygen atoms in total. The first-order valence-corrected chi connectivity index (χ1v) is 38.1. The number of fused-ring (bicyclic) bond motifs is 12. The molecule has 98 heavy (non-hydrogen) atoms. The lowest BCUT2D eigenvalue weighted by atomic mass is 9.55. The van der Waals surface area contributed by atoms with E-state index in [-0.39, 0.29) is 43.3 Å². The second kappa shape index (κ2) is 21.8. The maximum Gasteiger partial charge on any atom is 0.197 e. The number of nitrogens with one attached hydrogen (secondary N) is 1. The highest BCUT2D eigenvalue weighted by molar-refractivity contribution is 7.26. The van der Waals surface area contributed by atoms with Gasteiger partial charge in [-0.1, -0.05) is 207 Å². The van der Waals surface area contributed by atoms with Crippen LogP contribution >= 0.6 is 22.7 Å². The minimum atomic E-state index is -0.0186. The van der Waals surface area contributed by atoms with Gasteiger partial charge < -0.3 is 15.1 Å². The standard InChI is InChI=1S/C92H95BN3S2/c1-85(2)37-39-87(5,6)69-46-57(29-34-67(69)85)94-76-36-33-64-65-51-71-74(92(15,16)44-41-89(71,9)10)54-81(65)98-84(64)82(76)66-47-61(95(58-26-22-25-56(45-58)55-23-18-17-19-24-55)60-30-32-63-62-27-20-21-28-79(62)97-80(63)50-60)49-78-83(66)93-75-52-72-73(91(13,14)43-42-90(72,11)12)53-77(75)96(78)59-31-35-68-70(48-59)88(7,8)40-38-86(68,3)4/h17-36,45-54,94H,37-44H2,1-16H3. The van der Waals surface area contributed by atoms with Gasteiger partial charge in [0.2, 0.25) is 0 Å². The van der Waals surface area contributed by atoms with Gasteiger partial charge in [0.15, 0.2) is 7.28 Å². The van der Waals surface area contributed by atoms with Crippen molar-refractivity contribution in [2.24, 2.45) is 0 Å². The molecule has 4 aliphatic carbocycles. The van der Waals surface area contributed by atoms with E-state index in [0.717, 1.165) is 60.5 Å². The van der Waals surface area contributed by atoms with Gasteiger partial charge in [-0.25, -0.2) is 0 Å². The molecule has 1 aliphatic heterocycles. The molecule has 10 aromatic carbocycles. The average molecular weight is 1320 g/mol. The third-order valence-corrected chi connectivity index (χ3v) is 27.4. The van der Waals surface area contributed by atoms with E-state index in [1.807, 2.05) is 22.7 Å². The van der Waals surface area contributed by atoms with Crippen molar-refractivity contribution in [1.29, 1.82) is 0 Å². The van der Waals surface area contributed by atoms with Crippen LogP contribution in [-0.4, -0.2) is 7.28 Å². The van der Waals surface area contributed by atoms with Crippen molar-refractivity contribution >= 4 is 127 Å². The molecule has 1 radical (unpaired) electrons. The van der Waals surface area contributed by atoms with Crippen LogP contribution in [0.15, 0.2) is 182 Å². The van der Waals surface area contributed by atoms with Crippen molar-refractivity contribution in [3.05, 3.63) is 226 Å². The summed E-state index contributed by atoms with van der Waals surface area (Å²) in [6.45, 7) is 39.6. The van der Waals surface area contributed by atoms with Gasteiger partial charge in [0, 0.05) is 91.4 Å². The summed E-state index contributed by atoms with van der Waals surface area (Å²) in [6, 6.07) is 72.1. The van der Waals surface area contributed by atoms with Crippen molar-refractivity contribution in [2.45, 2.75) is 205 Å². The summed E-state index contributed by atoms with van der Waals surface area (Å²) in [5.41, 5.74) is 28.6. The van der Waals surface area contributed by atoms with Crippen LogP contribution in [0.5, 0.6) is 0 Å². The molecule has 3 heterocycles. The largest absolute Gasteiger partial charge is 0.355 e. The van der Waals surface area contributed by atoms with Crippen molar-refractivity contribution in [2.75, 3.05) is 15.1 Å². The third kappa shape index (κ3) is 10.1. The van der Waals surface area contributed by atoms with Gasteiger partial charge in [-0.2, -0.15) is 0 Å². The first kappa shape index (κ1) is 63.5. The van der Waals surface area contributed by atoms with Gasteiger partial charge in [-0.15, -0.1) is 22.7 Å². The minimum Gasteiger partial charge on any atom is -0.355 e. The Balaban J connectivity index is 1.02. The van der Waals surface area contributed by atoms with E-state index in [9.17, 15) is 0 Å². The zero-order chi connectivity index (χ0) is 68.2. The summed E-state index contributed by atoms with van der Waals surface area (Å²) >= 11 is 3.89. The first-order valence-electron chi connectivity index (χ1n) is 36.5. The maximum absolute atomic E-state index is 4.32. The minimum absolute atomic E-state index is 0.00203. The van der Waals surface area contributed by atoms with Gasteiger partial charge in [-0.3, -0.25) is 0 Å². The van der Waals surface area contributed by atoms with E-state index < -0.39 is 0 Å². The fraction of sp³-hybridized carbons (Fsp3) is 0.348. The molecule has 17 rings (SSSR count). The second-order valence-corrected chi connectivity index (χ2v) is 37.6. The van der Waals surface area contributed by atoms with Crippen LogP contribution in [0.2, 0.25) is 0 Å². The molecule has 0 saturated heterocycles. The molecule has 12 aromatic rings. The molecule has 0 saturated carbocycles. The van der Waals surface area contributed by atoms with Crippen molar-refractivity contribution in [1.82, 2.24) is 0 Å². The maximum atomic E-state index is 4.32. The Labute approximate surface area is 592 Å². The number of nitrogens with zero attached hydrogens (tertiary/aromatic N) is 2. The van der Waals surface area contributed by atoms with Crippen LogP contribution in [0.3, 0.4) is 0 Å². The summed E-state index contributed by atoms with van der Waals surface area (Å²) < 4.78 is 5.24. The van der Waals surface area contributed by atoms with Crippen LogP contribution in [-0.2, 0) is 43.3 Å². The molecule has 6 heteroatoms. The van der Waals surface area contributed by atoms with E-state index in [0.29, 0.717) is 0 Å². The van der Waals surface area contributed by atoms with Crippen LogP contribution in [0.1, 0.15) is 207 Å². The number of benzene rings is 10. The van der Waals surface area contributed by atoms with E-state index in [4.69, 9.17) is 0 Å². The highest BCUT2D eigenvalue weighted by Gasteiger charge is 2.44. The lowest BCUT2D eigenvalue weighted by Crippen LogP contribution is -2.44. The highest BCUT2D eigenvalue weighted by Crippen LogP contribution is 2.57. The SMILES string of the molecule is CC1(C)CCC(C)(C)c2cc(Nc3ccc4c(sc5cc6c(cc54)C(C)(C)CCC6(C)C)c3-c3cc(N(c4cccc(-c5ccccc5)c4)c4ccc5c(c4)sc4ccccc45)cc4c3[B]c3cc5c(cc3N4c3ccc4c(c3)C(C)(C)CCC4(C)C)C(C)(C)CCC5(C)C)ccc21. The van der Waals surface area contributed by atoms with Gasteiger partial charge in [0.1, 0.15) is 0 Å². The Morgan fingerprint density at radius 2 is 0.888 bits per heavy atom. The number of anilines is 8. The zero-order valence-electron chi connectivity index (χ0n) is 60.8. The Kier molecular flexibility index (Phi) is 14.1. The fourth-order valence-corrected chi connectivity index (χ4v) is 20.8. The Morgan fingerprint density at radius 1 is 0.357 bits per heavy atom. The molecule has 0 atom stereocenters. The number of rotatable bonds is 8. The smallest absolute Gasteiger partial charge is 0.197 e. The third-order valence-electron chi connectivity index (χ3n) is 25.1. The van der Waals surface area contributed by atoms with E-state index >= 15 is 0 Å². The molecule has 0 amide bonds. The van der Waals surface area contributed by atoms with E-state index in [1.165, 1.54) is 154 Å². The first-order chi connectivity index (χ1) is 46.5. The average Bonchev–Trinajstić information content (AvgIpc) is 1.43. The second-order valence-electron chi connectivity index (χ2n) is 35.4. The molecule has 0 spiro atoms. The zero-order valence-corrected chi connectivity index (χ0v) is 62.4. The fourth-order valence-electron chi connectivity index (χ4n) is 18.4. The molecule has 0 bridgehead atoms. The van der Waals surface area contributed by atoms with Crippen LogP contribution in [0.25, 0.3) is 62.6 Å². The molecule has 493 valence electrons. The molecule has 5 aliphatic rings. The monoisotopic (exact) mass is 1320 g/mol. The molecular weight excluding hydrogens is 1220 g/mol. The molecule has 0 unspecified atom stereocenters. The summed E-state index contributed by atoms with van der Waals surface area (Å²) in [6.07, 6.45) is 9.23. The topological polar surface area (TPSA) is 18.5 Å². The number of hydrogen-bond acceptors (Lipinski definition) is 5. The van der Waals surface area contributed by atoms with Gasteiger partial charge >= 0.3 is 0 Å². The molecule has 2 aromatic heterocycles. The van der Waals surface area contributed by atoms with E-state index in [2.05, 4.69) is 315 Å². The van der Waals surface area contributed by atoms with Gasteiger partial charge in [0.05, 0.1) is 0 Å². The molecule has 0 fully saturated rings. The van der Waals surface area contributed by atoms with Crippen LogP contribution < -0.4 is 26.0 Å². The predicted octanol–water partition coefficient (Wildman–Crippen LogP) is 25.8. The quantitative estimate of drug-likeness (QED) is 0.153. The van der Waals surface area contributed by atoms with Crippen molar-refractivity contribution in [3.8, 4) is 22.3 Å². The predicted molar refractivity (Wildman–Crippen MR) is 428 cm³/mol.